The molecule has 0 radical (unpaired) electrons. The molecule has 0 aliphatic carbocycles. The van der Waals surface area contributed by atoms with Crippen LogP contribution in [0.4, 0.5) is 0 Å². The number of hydrogen-bond donors (Lipinski definition) is 2. The molecule has 0 bridgehead atoms. The van der Waals surface area contributed by atoms with Crippen LogP contribution in [0.25, 0.3) is 0 Å². The Kier molecular flexibility index (Phi) is 6.19. The molecule has 0 aliphatic rings. The Morgan fingerprint density at radius 1 is 1.33 bits per heavy atom. The van der Waals surface area contributed by atoms with Crippen LogP contribution in [0, 0.1) is 0 Å². The predicted octanol–water partition coefficient (Wildman–Crippen LogP) is 3.68. The third-order valence-electron chi connectivity index (χ3n) is 2.78. The molecule has 2 nitrogen and oxygen atoms in total. The molecule has 3 heteroatoms. The molecule has 0 fully saturated rings. The minimum absolute atomic E-state index is 0.228. The van der Waals surface area contributed by atoms with Crippen molar-refractivity contribution in [1.29, 1.82) is 0 Å². The molecular formula is C15H26N2S. The Hall–Kier alpha value is -0.510. The van der Waals surface area contributed by atoms with E-state index in [1.807, 2.05) is 11.8 Å². The van der Waals surface area contributed by atoms with Crippen molar-refractivity contribution in [2.24, 2.45) is 5.84 Å². The van der Waals surface area contributed by atoms with Gasteiger partial charge in [-0.25, -0.2) is 0 Å². The molecule has 0 saturated carbocycles. The SMILES string of the molecule is CCCc1cccc(C(CSC(C)(C)C)NN)c1. The highest BCUT2D eigenvalue weighted by Gasteiger charge is 2.16. The Morgan fingerprint density at radius 2 is 2.06 bits per heavy atom. The normalized spacial score (nSPS) is 13.6. The van der Waals surface area contributed by atoms with Crippen molar-refractivity contribution in [2.75, 3.05) is 5.75 Å². The third kappa shape index (κ3) is 5.42. The van der Waals surface area contributed by atoms with Crippen LogP contribution < -0.4 is 11.3 Å². The smallest absolute Gasteiger partial charge is 0.0550 e. The highest BCUT2D eigenvalue weighted by Crippen LogP contribution is 2.28. The van der Waals surface area contributed by atoms with E-state index in [2.05, 4.69) is 57.4 Å². The second-order valence-electron chi connectivity index (χ2n) is 5.64. The molecule has 1 aromatic rings. The molecule has 1 unspecified atom stereocenters. The summed E-state index contributed by atoms with van der Waals surface area (Å²) in [6, 6.07) is 8.99. The zero-order valence-corrected chi connectivity index (χ0v) is 12.8. The number of hydrogen-bond acceptors (Lipinski definition) is 3. The molecule has 1 atom stereocenters. The third-order valence-corrected chi connectivity index (χ3v) is 4.14. The molecule has 18 heavy (non-hydrogen) atoms. The van der Waals surface area contributed by atoms with Crippen LogP contribution in [0.3, 0.4) is 0 Å². The van der Waals surface area contributed by atoms with Gasteiger partial charge in [0, 0.05) is 10.5 Å². The van der Waals surface area contributed by atoms with Gasteiger partial charge in [0.2, 0.25) is 0 Å². The molecule has 0 aliphatic heterocycles. The van der Waals surface area contributed by atoms with Crippen LogP contribution in [0.15, 0.2) is 24.3 Å². The van der Waals surface area contributed by atoms with E-state index in [1.165, 1.54) is 17.5 Å². The fourth-order valence-corrected chi connectivity index (χ4v) is 2.78. The van der Waals surface area contributed by atoms with Gasteiger partial charge in [0.05, 0.1) is 6.04 Å². The Balaban J connectivity index is 2.72. The Labute approximate surface area is 116 Å². The summed E-state index contributed by atoms with van der Waals surface area (Å²) in [5.74, 6) is 6.69. The van der Waals surface area contributed by atoms with Crippen molar-refractivity contribution in [2.45, 2.75) is 51.3 Å². The van der Waals surface area contributed by atoms with Gasteiger partial charge in [-0.2, -0.15) is 11.8 Å². The Bertz CT molecular complexity index is 358. The van der Waals surface area contributed by atoms with Crippen molar-refractivity contribution in [3.05, 3.63) is 35.4 Å². The number of benzene rings is 1. The molecule has 0 spiro atoms. The minimum atomic E-state index is 0.228. The van der Waals surface area contributed by atoms with Gasteiger partial charge in [-0.15, -0.1) is 0 Å². The molecule has 0 amide bonds. The van der Waals surface area contributed by atoms with Gasteiger partial charge >= 0.3 is 0 Å². The first-order chi connectivity index (χ1) is 8.46. The summed E-state index contributed by atoms with van der Waals surface area (Å²) in [6.07, 6.45) is 2.32. The second kappa shape index (κ2) is 7.17. The number of hydrazine groups is 1. The first kappa shape index (κ1) is 15.5. The molecule has 1 aromatic carbocycles. The van der Waals surface area contributed by atoms with Crippen molar-refractivity contribution >= 4 is 11.8 Å². The Morgan fingerprint density at radius 3 is 2.61 bits per heavy atom. The van der Waals surface area contributed by atoms with Gasteiger partial charge in [-0.1, -0.05) is 58.4 Å². The quantitative estimate of drug-likeness (QED) is 0.609. The lowest BCUT2D eigenvalue weighted by Gasteiger charge is -2.23. The average molecular weight is 266 g/mol. The topological polar surface area (TPSA) is 38.0 Å². The van der Waals surface area contributed by atoms with E-state index in [9.17, 15) is 0 Å². The van der Waals surface area contributed by atoms with E-state index >= 15 is 0 Å². The maximum Gasteiger partial charge on any atom is 0.0550 e. The highest BCUT2D eigenvalue weighted by atomic mass is 32.2. The lowest BCUT2D eigenvalue weighted by Crippen LogP contribution is -2.30. The summed E-state index contributed by atoms with van der Waals surface area (Å²) in [5.41, 5.74) is 5.63. The molecule has 0 saturated heterocycles. The summed E-state index contributed by atoms with van der Waals surface area (Å²) < 4.78 is 0.274. The van der Waals surface area contributed by atoms with E-state index in [-0.39, 0.29) is 10.8 Å². The fraction of sp³-hybridized carbons (Fsp3) is 0.600. The average Bonchev–Trinajstić information content (AvgIpc) is 2.29. The largest absolute Gasteiger partial charge is 0.271 e. The zero-order chi connectivity index (χ0) is 13.6. The maximum absolute atomic E-state index is 5.69. The van der Waals surface area contributed by atoms with E-state index in [4.69, 9.17) is 5.84 Å². The van der Waals surface area contributed by atoms with Gasteiger partial charge in [-0.05, 0) is 17.5 Å². The van der Waals surface area contributed by atoms with Crippen molar-refractivity contribution in [1.82, 2.24) is 5.43 Å². The minimum Gasteiger partial charge on any atom is -0.271 e. The van der Waals surface area contributed by atoms with Gasteiger partial charge in [0.15, 0.2) is 0 Å². The maximum atomic E-state index is 5.69. The number of nitrogens with two attached hydrogens (primary N) is 1. The summed E-state index contributed by atoms with van der Waals surface area (Å²) >= 11 is 1.94. The fourth-order valence-electron chi connectivity index (χ4n) is 1.83. The van der Waals surface area contributed by atoms with Crippen molar-refractivity contribution in [3.8, 4) is 0 Å². The van der Waals surface area contributed by atoms with Gasteiger partial charge < -0.3 is 0 Å². The second-order valence-corrected chi connectivity index (χ2v) is 7.48. The first-order valence-corrected chi connectivity index (χ1v) is 7.63. The molecule has 3 N–H and O–H groups in total. The number of nitrogens with one attached hydrogen (secondary N) is 1. The number of rotatable bonds is 6. The standard InChI is InChI=1S/C15H26N2S/c1-5-7-12-8-6-9-13(10-12)14(17-16)11-18-15(2,3)4/h6,8-10,14,17H,5,7,11,16H2,1-4H3. The van der Waals surface area contributed by atoms with E-state index in [0.717, 1.165) is 12.2 Å². The lowest BCUT2D eigenvalue weighted by atomic mass is 10.0. The molecule has 0 aromatic heterocycles. The van der Waals surface area contributed by atoms with Gasteiger partial charge in [-0.3, -0.25) is 11.3 Å². The molecular weight excluding hydrogens is 240 g/mol. The molecule has 1 rings (SSSR count). The highest BCUT2D eigenvalue weighted by molar-refractivity contribution is 8.00. The van der Waals surface area contributed by atoms with Crippen LogP contribution >= 0.6 is 11.8 Å². The van der Waals surface area contributed by atoms with E-state index in [1.54, 1.807) is 0 Å². The van der Waals surface area contributed by atoms with Crippen LogP contribution in [0.2, 0.25) is 0 Å². The predicted molar refractivity (Wildman–Crippen MR) is 82.7 cm³/mol. The van der Waals surface area contributed by atoms with Crippen LogP contribution in [0.5, 0.6) is 0 Å². The van der Waals surface area contributed by atoms with Crippen LogP contribution in [0.1, 0.15) is 51.3 Å². The van der Waals surface area contributed by atoms with Crippen LogP contribution in [-0.4, -0.2) is 10.5 Å². The summed E-state index contributed by atoms with van der Waals surface area (Å²) in [7, 11) is 0. The van der Waals surface area contributed by atoms with Gasteiger partial charge in [0.1, 0.15) is 0 Å². The van der Waals surface area contributed by atoms with Crippen molar-refractivity contribution < 1.29 is 0 Å². The molecule has 102 valence electrons. The number of aryl methyl sites for hydroxylation is 1. The first-order valence-electron chi connectivity index (χ1n) is 6.65. The summed E-state index contributed by atoms with van der Waals surface area (Å²) in [5, 5.41) is 0. The van der Waals surface area contributed by atoms with E-state index < -0.39 is 0 Å². The van der Waals surface area contributed by atoms with Crippen molar-refractivity contribution in [3.63, 3.8) is 0 Å². The summed E-state index contributed by atoms with van der Waals surface area (Å²) in [4.78, 5) is 0. The molecule has 0 heterocycles. The number of thioether (sulfide) groups is 1. The zero-order valence-electron chi connectivity index (χ0n) is 12.0. The van der Waals surface area contributed by atoms with Crippen LogP contribution in [-0.2, 0) is 6.42 Å². The summed E-state index contributed by atoms with van der Waals surface area (Å²) in [6.45, 7) is 8.91. The lowest BCUT2D eigenvalue weighted by molar-refractivity contribution is 0.607. The monoisotopic (exact) mass is 266 g/mol. The van der Waals surface area contributed by atoms with E-state index in [0.29, 0.717) is 0 Å². The van der Waals surface area contributed by atoms with Gasteiger partial charge in [0.25, 0.3) is 0 Å².